The first-order chi connectivity index (χ1) is 7.20. The zero-order chi connectivity index (χ0) is 10.8. The Kier molecular flexibility index (Phi) is 2.33. The zero-order valence-electron chi connectivity index (χ0n) is 8.53. The number of methoxy groups -OCH3 is 1. The first-order valence-corrected chi connectivity index (χ1v) is 4.54. The van der Waals surface area contributed by atoms with Crippen molar-refractivity contribution in [3.05, 3.63) is 40.5 Å². The van der Waals surface area contributed by atoms with Crippen LogP contribution in [0.1, 0.15) is 5.56 Å². The molecule has 0 radical (unpaired) electrons. The summed E-state index contributed by atoms with van der Waals surface area (Å²) in [5.74, 6) is -0.295. The normalized spacial score (nSPS) is 10.3. The molecule has 4 nitrogen and oxygen atoms in total. The Morgan fingerprint density at radius 1 is 1.40 bits per heavy atom. The Labute approximate surface area is 86.5 Å². The molecule has 0 aromatic carbocycles. The molecule has 2 aliphatic carbocycles. The maximum atomic E-state index is 10.1. The van der Waals surface area contributed by atoms with E-state index in [0.29, 0.717) is 0 Å². The molecule has 0 fully saturated rings. The average Bonchev–Trinajstić information content (AvgIpc) is 2.77. The molecule has 78 valence electrons. The molecule has 15 heavy (non-hydrogen) atoms. The number of benzene rings is 1. The minimum Gasteiger partial charge on any atom is -0.467 e. The highest BCUT2D eigenvalue weighted by Gasteiger charge is 2.12. The van der Waals surface area contributed by atoms with Crippen LogP contribution in [0.3, 0.4) is 0 Å². The first-order valence-electron chi connectivity index (χ1n) is 4.54. The van der Waals surface area contributed by atoms with Crippen molar-refractivity contribution in [2.24, 2.45) is 0 Å². The van der Waals surface area contributed by atoms with Gasteiger partial charge in [-0.3, -0.25) is 4.98 Å². The molecule has 0 saturated carbocycles. The van der Waals surface area contributed by atoms with Crippen molar-refractivity contribution in [1.29, 1.82) is 0 Å². The van der Waals surface area contributed by atoms with E-state index in [1.54, 1.807) is 0 Å². The second kappa shape index (κ2) is 3.65. The standard InChI is InChI=1S/C7H6.C4H5NO3/c1-5-2-3-6-4-7(5)6;1-7-3-2-5-4(6)8-3/h2-4H,1H3;2H,1H3,(H,5,6). The lowest BCUT2D eigenvalue weighted by molar-refractivity contribution is 0.295. The highest BCUT2D eigenvalue weighted by atomic mass is 16.6. The van der Waals surface area contributed by atoms with Crippen molar-refractivity contribution in [1.82, 2.24) is 4.98 Å². The van der Waals surface area contributed by atoms with Crippen LogP contribution in [0.2, 0.25) is 0 Å². The monoisotopic (exact) mass is 205 g/mol. The number of fused-ring (bicyclic) bond motifs is 1. The van der Waals surface area contributed by atoms with E-state index in [1.807, 2.05) is 0 Å². The zero-order valence-corrected chi connectivity index (χ0v) is 8.53. The maximum absolute atomic E-state index is 10.1. The molecule has 0 unspecified atom stereocenters. The second-order valence-corrected chi connectivity index (χ2v) is 3.23. The van der Waals surface area contributed by atoms with Gasteiger partial charge in [-0.15, -0.1) is 0 Å². The molecule has 1 aromatic heterocycles. The summed E-state index contributed by atoms with van der Waals surface area (Å²) in [5, 5.41) is 0. The third-order valence-electron chi connectivity index (χ3n) is 2.17. The fourth-order valence-electron chi connectivity index (χ4n) is 1.27. The summed E-state index contributed by atoms with van der Waals surface area (Å²) >= 11 is 0. The van der Waals surface area contributed by atoms with Gasteiger partial charge in [0.05, 0.1) is 13.3 Å². The Morgan fingerprint density at radius 2 is 2.20 bits per heavy atom. The summed E-state index contributed by atoms with van der Waals surface area (Å²) in [7, 11) is 1.42. The van der Waals surface area contributed by atoms with E-state index in [4.69, 9.17) is 0 Å². The second-order valence-electron chi connectivity index (χ2n) is 3.23. The average molecular weight is 205 g/mol. The highest BCUT2D eigenvalue weighted by molar-refractivity contribution is 5.84. The predicted octanol–water partition coefficient (Wildman–Crippen LogP) is 1.95. The van der Waals surface area contributed by atoms with Gasteiger partial charge in [0.1, 0.15) is 0 Å². The summed E-state index contributed by atoms with van der Waals surface area (Å²) in [5.41, 5.74) is 4.34. The predicted molar refractivity (Wildman–Crippen MR) is 56.1 cm³/mol. The summed E-state index contributed by atoms with van der Waals surface area (Å²) < 4.78 is 8.94. The summed E-state index contributed by atoms with van der Waals surface area (Å²) in [6.45, 7) is 2.14. The lowest BCUT2D eigenvalue weighted by Gasteiger charge is -1.83. The van der Waals surface area contributed by atoms with Gasteiger partial charge in [0.15, 0.2) is 0 Å². The number of aromatic amines is 1. The quantitative estimate of drug-likeness (QED) is 0.660. The Balaban J connectivity index is 0.000000114. The number of rotatable bonds is 1. The van der Waals surface area contributed by atoms with Crippen LogP contribution in [0.15, 0.2) is 33.6 Å². The van der Waals surface area contributed by atoms with Crippen LogP contribution >= 0.6 is 0 Å². The van der Waals surface area contributed by atoms with Crippen LogP contribution in [-0.2, 0) is 0 Å². The lowest BCUT2D eigenvalue weighted by Crippen LogP contribution is -1.92. The van der Waals surface area contributed by atoms with E-state index in [-0.39, 0.29) is 5.95 Å². The number of hydrogen-bond donors (Lipinski definition) is 1. The summed E-state index contributed by atoms with van der Waals surface area (Å²) in [6.07, 6.45) is 1.35. The molecule has 3 rings (SSSR count). The van der Waals surface area contributed by atoms with Crippen molar-refractivity contribution in [3.63, 3.8) is 0 Å². The minimum atomic E-state index is -0.498. The third kappa shape index (κ3) is 2.10. The van der Waals surface area contributed by atoms with Crippen LogP contribution in [0.25, 0.3) is 11.1 Å². The van der Waals surface area contributed by atoms with E-state index in [0.717, 1.165) is 0 Å². The smallest absolute Gasteiger partial charge is 0.419 e. The number of H-pyrrole nitrogens is 1. The maximum Gasteiger partial charge on any atom is 0.419 e. The third-order valence-corrected chi connectivity index (χ3v) is 2.17. The van der Waals surface area contributed by atoms with E-state index >= 15 is 0 Å². The van der Waals surface area contributed by atoms with E-state index in [1.165, 1.54) is 30.0 Å². The number of oxazole rings is 1. The molecule has 0 spiro atoms. The van der Waals surface area contributed by atoms with Gasteiger partial charge in [-0.1, -0.05) is 12.1 Å². The fourth-order valence-corrected chi connectivity index (χ4v) is 1.27. The van der Waals surface area contributed by atoms with Gasteiger partial charge in [0.2, 0.25) is 0 Å². The van der Waals surface area contributed by atoms with Crippen molar-refractivity contribution < 1.29 is 9.15 Å². The number of aryl methyl sites for hydroxylation is 1. The first kappa shape index (κ1) is 9.58. The van der Waals surface area contributed by atoms with Gasteiger partial charge in [0.25, 0.3) is 0 Å². The van der Waals surface area contributed by atoms with Crippen molar-refractivity contribution in [3.8, 4) is 17.1 Å². The molecule has 1 N–H and O–H groups in total. The molecule has 2 aliphatic rings. The number of hydrogen-bond acceptors (Lipinski definition) is 3. The van der Waals surface area contributed by atoms with Gasteiger partial charge in [-0.2, -0.15) is 0 Å². The summed E-state index contributed by atoms with van der Waals surface area (Å²) in [4.78, 5) is 12.4. The largest absolute Gasteiger partial charge is 0.467 e. The van der Waals surface area contributed by atoms with Gasteiger partial charge in [-0.25, -0.2) is 4.79 Å². The number of aromatic nitrogens is 1. The Bertz CT molecular complexity index is 525. The molecule has 1 heterocycles. The fraction of sp³-hybridized carbons (Fsp3) is 0.182. The van der Waals surface area contributed by atoms with Crippen molar-refractivity contribution >= 4 is 0 Å². The van der Waals surface area contributed by atoms with Crippen LogP contribution in [0.4, 0.5) is 0 Å². The molecule has 0 aliphatic heterocycles. The van der Waals surface area contributed by atoms with E-state index in [2.05, 4.69) is 39.3 Å². The molecular weight excluding hydrogens is 194 g/mol. The van der Waals surface area contributed by atoms with Gasteiger partial charge in [-0.05, 0) is 29.7 Å². The van der Waals surface area contributed by atoms with Crippen molar-refractivity contribution in [2.45, 2.75) is 6.92 Å². The summed E-state index contributed by atoms with van der Waals surface area (Å²) in [6, 6.07) is 6.52. The highest BCUT2D eigenvalue weighted by Crippen LogP contribution is 2.37. The Hall–Kier alpha value is -1.97. The lowest BCUT2D eigenvalue weighted by atomic mass is 10.3. The van der Waals surface area contributed by atoms with E-state index in [9.17, 15) is 4.79 Å². The topological polar surface area (TPSA) is 55.2 Å². The van der Waals surface area contributed by atoms with Crippen molar-refractivity contribution in [2.75, 3.05) is 7.11 Å². The molecule has 0 saturated heterocycles. The van der Waals surface area contributed by atoms with Gasteiger partial charge < -0.3 is 9.15 Å². The molecule has 1 aromatic rings. The number of nitrogens with one attached hydrogen (secondary N) is 1. The molecular formula is C11H11NO3. The van der Waals surface area contributed by atoms with Gasteiger partial charge >= 0.3 is 11.7 Å². The SMILES string of the molecule is COc1c[nH]c(=O)o1.Cc1ccc2cc1-2. The molecule has 4 heteroatoms. The minimum absolute atomic E-state index is 0.204. The van der Waals surface area contributed by atoms with Crippen LogP contribution < -0.4 is 10.5 Å². The van der Waals surface area contributed by atoms with Crippen LogP contribution in [0.5, 0.6) is 5.95 Å². The van der Waals surface area contributed by atoms with E-state index < -0.39 is 5.76 Å². The van der Waals surface area contributed by atoms with Crippen LogP contribution in [0, 0.1) is 6.92 Å². The molecule has 0 atom stereocenters. The Morgan fingerprint density at radius 3 is 2.40 bits per heavy atom. The van der Waals surface area contributed by atoms with Gasteiger partial charge in [0, 0.05) is 0 Å². The molecule has 0 amide bonds. The molecule has 0 bridgehead atoms. The van der Waals surface area contributed by atoms with Crippen LogP contribution in [-0.4, -0.2) is 12.1 Å². The number of ether oxygens (including phenoxy) is 1.